The first-order valence-electron chi connectivity index (χ1n) is 5.92. The van der Waals surface area contributed by atoms with Crippen molar-refractivity contribution in [2.45, 2.75) is 39.2 Å². The van der Waals surface area contributed by atoms with Gasteiger partial charge in [-0.25, -0.2) is 4.79 Å². The Morgan fingerprint density at radius 2 is 1.89 bits per heavy atom. The van der Waals surface area contributed by atoms with Gasteiger partial charge >= 0.3 is 5.97 Å². The molecule has 18 heavy (non-hydrogen) atoms. The van der Waals surface area contributed by atoms with Gasteiger partial charge in [-0.15, -0.1) is 0 Å². The molecule has 0 bridgehead atoms. The Hall–Kier alpha value is -1.84. The Bertz CT molecular complexity index is 452. The van der Waals surface area contributed by atoms with Gasteiger partial charge in [0, 0.05) is 6.42 Å². The zero-order valence-electron chi connectivity index (χ0n) is 11.0. The summed E-state index contributed by atoms with van der Waals surface area (Å²) in [4.78, 5) is 22.5. The molecule has 0 aromatic heterocycles. The summed E-state index contributed by atoms with van der Waals surface area (Å²) >= 11 is 0. The molecule has 0 aliphatic rings. The third-order valence-corrected chi connectivity index (χ3v) is 2.87. The average molecular weight is 249 g/mol. The molecule has 0 atom stereocenters. The molecule has 98 valence electrons. The Morgan fingerprint density at radius 3 is 2.44 bits per heavy atom. The van der Waals surface area contributed by atoms with E-state index in [4.69, 9.17) is 5.11 Å². The van der Waals surface area contributed by atoms with E-state index in [1.807, 2.05) is 31.2 Å². The van der Waals surface area contributed by atoms with E-state index < -0.39 is 11.5 Å². The molecule has 0 aliphatic heterocycles. The predicted octanol–water partition coefficient (Wildman–Crippen LogP) is 1.91. The molecular formula is C14H19NO3. The minimum absolute atomic E-state index is 0.245. The number of rotatable bonds is 5. The molecule has 1 aromatic rings. The molecule has 0 saturated heterocycles. The molecule has 0 saturated carbocycles. The number of hydrogen-bond donors (Lipinski definition) is 2. The van der Waals surface area contributed by atoms with Gasteiger partial charge < -0.3 is 10.4 Å². The maximum absolute atomic E-state index is 11.7. The smallest absolute Gasteiger partial charge is 0.328 e. The highest BCUT2D eigenvalue weighted by Crippen LogP contribution is 2.10. The summed E-state index contributed by atoms with van der Waals surface area (Å²) in [7, 11) is 0. The van der Waals surface area contributed by atoms with E-state index in [1.54, 1.807) is 0 Å². The second-order valence-electron chi connectivity index (χ2n) is 4.90. The number of carboxylic acids is 1. The first kappa shape index (κ1) is 14.2. The monoisotopic (exact) mass is 249 g/mol. The molecule has 0 radical (unpaired) electrons. The highest BCUT2D eigenvalue weighted by atomic mass is 16.4. The summed E-state index contributed by atoms with van der Waals surface area (Å²) in [5.74, 6) is -1.28. The topological polar surface area (TPSA) is 66.4 Å². The van der Waals surface area contributed by atoms with Crippen LogP contribution in [0.5, 0.6) is 0 Å². The normalized spacial score (nSPS) is 11.1. The number of aliphatic carboxylic acids is 1. The van der Waals surface area contributed by atoms with E-state index in [2.05, 4.69) is 5.32 Å². The summed E-state index contributed by atoms with van der Waals surface area (Å²) in [5, 5.41) is 11.4. The van der Waals surface area contributed by atoms with Gasteiger partial charge in [0.25, 0.3) is 0 Å². The van der Waals surface area contributed by atoms with E-state index in [0.717, 1.165) is 11.1 Å². The van der Waals surface area contributed by atoms with Crippen LogP contribution in [0.15, 0.2) is 24.3 Å². The summed E-state index contributed by atoms with van der Waals surface area (Å²) < 4.78 is 0. The Kier molecular flexibility index (Phi) is 4.48. The molecule has 1 amide bonds. The number of carbonyl (C=O) groups excluding carboxylic acids is 1. The first-order valence-corrected chi connectivity index (χ1v) is 5.92. The lowest BCUT2D eigenvalue weighted by Crippen LogP contribution is -2.49. The lowest BCUT2D eigenvalue weighted by molar-refractivity contribution is -0.146. The molecule has 0 fully saturated rings. The third kappa shape index (κ3) is 3.87. The second kappa shape index (κ2) is 5.67. The van der Waals surface area contributed by atoms with Crippen molar-refractivity contribution in [2.75, 3.05) is 0 Å². The van der Waals surface area contributed by atoms with Crippen LogP contribution in [0.4, 0.5) is 0 Å². The van der Waals surface area contributed by atoms with Gasteiger partial charge in [-0.05, 0) is 38.3 Å². The van der Waals surface area contributed by atoms with Crippen LogP contribution < -0.4 is 5.32 Å². The van der Waals surface area contributed by atoms with Gasteiger partial charge in [0.1, 0.15) is 5.54 Å². The fourth-order valence-electron chi connectivity index (χ4n) is 1.60. The number of carbonyl (C=O) groups is 2. The minimum Gasteiger partial charge on any atom is -0.480 e. The van der Waals surface area contributed by atoms with E-state index in [0.29, 0.717) is 12.8 Å². The fourth-order valence-corrected chi connectivity index (χ4v) is 1.60. The fraction of sp³-hybridized carbons (Fsp3) is 0.429. The molecular weight excluding hydrogens is 230 g/mol. The highest BCUT2D eigenvalue weighted by molar-refractivity contribution is 5.86. The van der Waals surface area contributed by atoms with Crippen LogP contribution in [0, 0.1) is 6.92 Å². The number of nitrogens with one attached hydrogen (secondary N) is 1. The van der Waals surface area contributed by atoms with Gasteiger partial charge in [0.2, 0.25) is 5.91 Å². The van der Waals surface area contributed by atoms with Gasteiger partial charge in [-0.2, -0.15) is 0 Å². The maximum atomic E-state index is 11.7. The van der Waals surface area contributed by atoms with Crippen LogP contribution >= 0.6 is 0 Å². The zero-order chi connectivity index (χ0) is 13.8. The first-order chi connectivity index (χ1) is 8.33. The second-order valence-corrected chi connectivity index (χ2v) is 4.90. The van der Waals surface area contributed by atoms with Gasteiger partial charge in [0.05, 0.1) is 0 Å². The van der Waals surface area contributed by atoms with Crippen LogP contribution in [-0.4, -0.2) is 22.5 Å². The van der Waals surface area contributed by atoms with Crippen molar-refractivity contribution in [3.63, 3.8) is 0 Å². The van der Waals surface area contributed by atoms with Crippen LogP contribution in [0.25, 0.3) is 0 Å². The summed E-state index contributed by atoms with van der Waals surface area (Å²) in [6.45, 7) is 4.94. The van der Waals surface area contributed by atoms with Crippen LogP contribution in [-0.2, 0) is 16.0 Å². The molecule has 0 aliphatic carbocycles. The third-order valence-electron chi connectivity index (χ3n) is 2.87. The largest absolute Gasteiger partial charge is 0.480 e. The SMILES string of the molecule is Cc1ccccc1CCC(=O)NC(C)(C)C(=O)O. The molecule has 0 spiro atoms. The zero-order valence-corrected chi connectivity index (χ0v) is 11.0. The number of benzene rings is 1. The molecule has 0 heterocycles. The van der Waals surface area contributed by atoms with Gasteiger partial charge in [-0.1, -0.05) is 24.3 Å². The lowest BCUT2D eigenvalue weighted by atomic mass is 10.0. The summed E-state index contributed by atoms with van der Waals surface area (Å²) in [6, 6.07) is 7.85. The summed E-state index contributed by atoms with van der Waals surface area (Å²) in [6.07, 6.45) is 0.912. The molecule has 1 rings (SSSR count). The molecule has 4 heteroatoms. The molecule has 1 aromatic carbocycles. The van der Waals surface area contributed by atoms with E-state index in [-0.39, 0.29) is 5.91 Å². The summed E-state index contributed by atoms with van der Waals surface area (Å²) in [5.41, 5.74) is 1.03. The van der Waals surface area contributed by atoms with Crippen molar-refractivity contribution in [3.05, 3.63) is 35.4 Å². The Morgan fingerprint density at radius 1 is 1.28 bits per heavy atom. The highest BCUT2D eigenvalue weighted by Gasteiger charge is 2.28. The maximum Gasteiger partial charge on any atom is 0.328 e. The van der Waals surface area contributed by atoms with Crippen LogP contribution in [0.1, 0.15) is 31.4 Å². The van der Waals surface area contributed by atoms with Crippen LogP contribution in [0.3, 0.4) is 0 Å². The lowest BCUT2D eigenvalue weighted by Gasteiger charge is -2.21. The van der Waals surface area contributed by atoms with Crippen LogP contribution in [0.2, 0.25) is 0 Å². The average Bonchev–Trinajstić information content (AvgIpc) is 2.27. The number of amides is 1. The molecule has 4 nitrogen and oxygen atoms in total. The van der Waals surface area contributed by atoms with Crippen molar-refractivity contribution in [3.8, 4) is 0 Å². The Labute approximate surface area is 107 Å². The van der Waals surface area contributed by atoms with Gasteiger partial charge in [0.15, 0.2) is 0 Å². The quantitative estimate of drug-likeness (QED) is 0.837. The number of carboxylic acid groups (broad SMARTS) is 1. The van der Waals surface area contributed by atoms with E-state index in [1.165, 1.54) is 13.8 Å². The van der Waals surface area contributed by atoms with Crippen molar-refractivity contribution in [1.82, 2.24) is 5.32 Å². The predicted molar refractivity (Wildman–Crippen MR) is 69.4 cm³/mol. The van der Waals surface area contributed by atoms with Crippen molar-refractivity contribution >= 4 is 11.9 Å². The van der Waals surface area contributed by atoms with Crippen molar-refractivity contribution in [2.24, 2.45) is 0 Å². The van der Waals surface area contributed by atoms with Gasteiger partial charge in [-0.3, -0.25) is 4.79 Å². The molecule has 2 N–H and O–H groups in total. The standard InChI is InChI=1S/C14H19NO3/c1-10-6-4-5-7-11(10)8-9-12(16)15-14(2,3)13(17)18/h4-7H,8-9H2,1-3H3,(H,15,16)(H,17,18). The van der Waals surface area contributed by atoms with Crippen molar-refractivity contribution in [1.29, 1.82) is 0 Å². The number of hydrogen-bond acceptors (Lipinski definition) is 2. The molecule has 0 unspecified atom stereocenters. The minimum atomic E-state index is -1.22. The Balaban J connectivity index is 2.53. The van der Waals surface area contributed by atoms with E-state index in [9.17, 15) is 9.59 Å². The van der Waals surface area contributed by atoms with E-state index >= 15 is 0 Å². The van der Waals surface area contributed by atoms with Crippen molar-refractivity contribution < 1.29 is 14.7 Å². The number of aryl methyl sites for hydroxylation is 2.